The number of ether oxygens (including phenoxy) is 1. The Morgan fingerprint density at radius 1 is 1.33 bits per heavy atom. The van der Waals surface area contributed by atoms with Gasteiger partial charge in [0, 0.05) is 33.0 Å². The molecule has 1 aromatic heterocycles. The molecule has 0 spiro atoms. The zero-order valence-electron chi connectivity index (χ0n) is 15.4. The normalized spacial score (nSPS) is 17.0. The first-order chi connectivity index (χ1) is 11.7. The maximum atomic E-state index is 5.59. The van der Waals surface area contributed by atoms with Crippen molar-refractivity contribution in [1.29, 1.82) is 0 Å². The molecule has 134 valence electrons. The molecule has 0 unspecified atom stereocenters. The van der Waals surface area contributed by atoms with Crippen molar-refractivity contribution in [3.8, 4) is 0 Å². The molecule has 0 atom stereocenters. The number of aliphatic imine (C=N–C) groups is 1. The predicted octanol–water partition coefficient (Wildman–Crippen LogP) is 3.04. The first-order valence-corrected chi connectivity index (χ1v) is 9.12. The predicted molar refractivity (Wildman–Crippen MR) is 99.2 cm³/mol. The van der Waals surface area contributed by atoms with Crippen molar-refractivity contribution in [2.75, 3.05) is 26.8 Å². The molecular weight excluding hydrogens is 300 g/mol. The highest BCUT2D eigenvalue weighted by Crippen LogP contribution is 2.40. The van der Waals surface area contributed by atoms with Crippen LogP contribution in [0.15, 0.2) is 23.3 Å². The minimum Gasteiger partial charge on any atom is -0.382 e. The number of aromatic nitrogens is 1. The van der Waals surface area contributed by atoms with Gasteiger partial charge < -0.3 is 15.4 Å². The number of hydrogen-bond donors (Lipinski definition) is 2. The molecule has 1 saturated carbocycles. The third-order valence-electron chi connectivity index (χ3n) is 5.04. The molecule has 0 radical (unpaired) electrons. The highest BCUT2D eigenvalue weighted by atomic mass is 16.5. The lowest BCUT2D eigenvalue weighted by atomic mass is 9.83. The maximum absolute atomic E-state index is 5.59. The fraction of sp³-hybridized carbons (Fsp3) is 0.684. The second-order valence-electron chi connectivity index (χ2n) is 6.70. The summed E-state index contributed by atoms with van der Waals surface area (Å²) in [5.74, 6) is 0.850. The van der Waals surface area contributed by atoms with Crippen LogP contribution in [0.25, 0.3) is 0 Å². The van der Waals surface area contributed by atoms with Crippen molar-refractivity contribution in [2.45, 2.75) is 52.5 Å². The molecular formula is C19H32N4O. The van der Waals surface area contributed by atoms with Crippen LogP contribution in [-0.2, 0) is 11.3 Å². The van der Waals surface area contributed by atoms with Crippen LogP contribution in [0.4, 0.5) is 0 Å². The number of pyridine rings is 1. The highest BCUT2D eigenvalue weighted by molar-refractivity contribution is 5.79. The average molecular weight is 332 g/mol. The number of nitrogens with one attached hydrogen (secondary N) is 2. The van der Waals surface area contributed by atoms with Crippen LogP contribution in [0.2, 0.25) is 0 Å². The monoisotopic (exact) mass is 332 g/mol. The Balaban J connectivity index is 1.84. The molecule has 1 aromatic rings. The van der Waals surface area contributed by atoms with Gasteiger partial charge in [0.15, 0.2) is 5.96 Å². The Morgan fingerprint density at radius 3 is 2.79 bits per heavy atom. The van der Waals surface area contributed by atoms with Crippen molar-refractivity contribution in [3.05, 3.63) is 29.6 Å². The SMILES string of the molecule is CCOCCC1(CNC(=NC)NCc2ncccc2C)CCCC1. The first-order valence-electron chi connectivity index (χ1n) is 9.12. The largest absolute Gasteiger partial charge is 0.382 e. The van der Waals surface area contributed by atoms with E-state index >= 15 is 0 Å². The Hall–Kier alpha value is -1.62. The molecule has 2 N–H and O–H groups in total. The Bertz CT molecular complexity index is 524. The number of guanidine groups is 1. The fourth-order valence-corrected chi connectivity index (χ4v) is 3.44. The van der Waals surface area contributed by atoms with E-state index in [0.29, 0.717) is 12.0 Å². The van der Waals surface area contributed by atoms with Crippen LogP contribution in [0.3, 0.4) is 0 Å². The Labute approximate surface area is 146 Å². The van der Waals surface area contributed by atoms with E-state index in [2.05, 4.69) is 40.5 Å². The molecule has 24 heavy (non-hydrogen) atoms. The van der Waals surface area contributed by atoms with Gasteiger partial charge in [0.1, 0.15) is 0 Å². The van der Waals surface area contributed by atoms with Gasteiger partial charge in [-0.3, -0.25) is 9.98 Å². The van der Waals surface area contributed by atoms with Gasteiger partial charge in [-0.05, 0) is 50.2 Å². The molecule has 1 aliphatic rings. The minimum atomic E-state index is 0.355. The van der Waals surface area contributed by atoms with Crippen molar-refractivity contribution >= 4 is 5.96 Å². The average Bonchev–Trinajstić information content (AvgIpc) is 3.06. The summed E-state index contributed by atoms with van der Waals surface area (Å²) >= 11 is 0. The molecule has 0 saturated heterocycles. The number of aryl methyl sites for hydroxylation is 1. The minimum absolute atomic E-state index is 0.355. The van der Waals surface area contributed by atoms with Gasteiger partial charge in [0.25, 0.3) is 0 Å². The van der Waals surface area contributed by atoms with Gasteiger partial charge in [-0.1, -0.05) is 18.9 Å². The van der Waals surface area contributed by atoms with Crippen LogP contribution in [-0.4, -0.2) is 37.7 Å². The van der Waals surface area contributed by atoms with Crippen LogP contribution >= 0.6 is 0 Å². The quantitative estimate of drug-likeness (QED) is 0.436. The van der Waals surface area contributed by atoms with Crippen molar-refractivity contribution in [3.63, 3.8) is 0 Å². The van der Waals surface area contributed by atoms with Crippen LogP contribution in [0.1, 0.15) is 50.3 Å². The lowest BCUT2D eigenvalue weighted by Gasteiger charge is -2.30. The molecule has 0 amide bonds. The van der Waals surface area contributed by atoms with E-state index in [4.69, 9.17) is 4.74 Å². The number of rotatable bonds is 8. The molecule has 0 bridgehead atoms. The fourth-order valence-electron chi connectivity index (χ4n) is 3.44. The van der Waals surface area contributed by atoms with Gasteiger partial charge in [-0.25, -0.2) is 0 Å². The topological polar surface area (TPSA) is 58.5 Å². The van der Waals surface area contributed by atoms with Crippen molar-refractivity contribution in [1.82, 2.24) is 15.6 Å². The molecule has 5 heteroatoms. The summed E-state index contributed by atoms with van der Waals surface area (Å²) in [5.41, 5.74) is 2.62. The zero-order chi connectivity index (χ0) is 17.3. The third kappa shape index (κ3) is 5.48. The lowest BCUT2D eigenvalue weighted by molar-refractivity contribution is 0.105. The number of nitrogens with zero attached hydrogens (tertiary/aromatic N) is 2. The molecule has 5 nitrogen and oxygen atoms in total. The Kier molecular flexibility index (Phi) is 7.50. The molecule has 1 aliphatic carbocycles. The van der Waals surface area contributed by atoms with E-state index < -0.39 is 0 Å². The van der Waals surface area contributed by atoms with Gasteiger partial charge in [-0.2, -0.15) is 0 Å². The van der Waals surface area contributed by atoms with Crippen LogP contribution in [0.5, 0.6) is 0 Å². The summed E-state index contributed by atoms with van der Waals surface area (Å²) in [6.45, 7) is 7.46. The van der Waals surface area contributed by atoms with Gasteiger partial charge in [0.2, 0.25) is 0 Å². The molecule has 2 rings (SSSR count). The second kappa shape index (κ2) is 9.62. The summed E-state index contributed by atoms with van der Waals surface area (Å²) in [7, 11) is 1.82. The van der Waals surface area contributed by atoms with Gasteiger partial charge >= 0.3 is 0 Å². The van der Waals surface area contributed by atoms with Crippen LogP contribution in [0, 0.1) is 12.3 Å². The molecule has 1 fully saturated rings. The van der Waals surface area contributed by atoms with E-state index in [9.17, 15) is 0 Å². The summed E-state index contributed by atoms with van der Waals surface area (Å²) in [5, 5.41) is 6.90. The first kappa shape index (κ1) is 18.7. The summed E-state index contributed by atoms with van der Waals surface area (Å²) in [6.07, 6.45) is 8.18. The standard InChI is InChI=1S/C19H32N4O/c1-4-24-13-11-19(9-5-6-10-19)15-23-18(20-3)22-14-17-16(2)8-7-12-21-17/h7-8,12H,4-6,9-11,13-15H2,1-3H3,(H2,20,22,23). The molecule has 0 aromatic carbocycles. The summed E-state index contributed by atoms with van der Waals surface area (Å²) in [6, 6.07) is 4.05. The van der Waals surface area contributed by atoms with E-state index in [1.807, 2.05) is 19.3 Å². The van der Waals surface area contributed by atoms with E-state index in [1.54, 1.807) is 0 Å². The molecule has 0 aliphatic heterocycles. The van der Waals surface area contributed by atoms with Crippen molar-refractivity contribution < 1.29 is 4.74 Å². The molecule has 1 heterocycles. The van der Waals surface area contributed by atoms with E-state index in [0.717, 1.165) is 37.8 Å². The van der Waals surface area contributed by atoms with E-state index in [1.165, 1.54) is 31.2 Å². The number of hydrogen-bond acceptors (Lipinski definition) is 3. The lowest BCUT2D eigenvalue weighted by Crippen LogP contribution is -2.43. The van der Waals surface area contributed by atoms with Crippen molar-refractivity contribution in [2.24, 2.45) is 10.4 Å². The zero-order valence-corrected chi connectivity index (χ0v) is 15.4. The second-order valence-corrected chi connectivity index (χ2v) is 6.70. The Morgan fingerprint density at radius 2 is 2.12 bits per heavy atom. The maximum Gasteiger partial charge on any atom is 0.191 e. The van der Waals surface area contributed by atoms with Crippen LogP contribution < -0.4 is 10.6 Å². The summed E-state index contributed by atoms with van der Waals surface area (Å²) < 4.78 is 5.59. The van der Waals surface area contributed by atoms with E-state index in [-0.39, 0.29) is 0 Å². The third-order valence-corrected chi connectivity index (χ3v) is 5.04. The summed E-state index contributed by atoms with van der Waals surface area (Å²) in [4.78, 5) is 8.78. The smallest absolute Gasteiger partial charge is 0.191 e. The highest BCUT2D eigenvalue weighted by Gasteiger charge is 2.33. The van der Waals surface area contributed by atoms with Gasteiger partial charge in [-0.15, -0.1) is 0 Å². The van der Waals surface area contributed by atoms with Gasteiger partial charge in [0.05, 0.1) is 12.2 Å².